The lowest BCUT2D eigenvalue weighted by molar-refractivity contribution is -0.125. The lowest BCUT2D eigenvalue weighted by Gasteiger charge is -2.13. The van der Waals surface area contributed by atoms with Crippen LogP contribution >= 0.6 is 0 Å². The molecule has 0 spiro atoms. The third-order valence-electron chi connectivity index (χ3n) is 3.56. The maximum Gasteiger partial charge on any atom is 0.339 e. The minimum atomic E-state index is -3.54. The van der Waals surface area contributed by atoms with E-state index in [2.05, 4.69) is 5.32 Å². The Morgan fingerprint density at radius 1 is 1.32 bits per heavy atom. The van der Waals surface area contributed by atoms with Crippen LogP contribution in [0.3, 0.4) is 0 Å². The molecule has 2 rings (SSSR count). The van der Waals surface area contributed by atoms with Gasteiger partial charge in [0.05, 0.1) is 10.5 Å². The van der Waals surface area contributed by atoms with Crippen molar-refractivity contribution in [3.63, 3.8) is 0 Å². The van der Waals surface area contributed by atoms with Crippen molar-refractivity contribution in [1.82, 2.24) is 5.32 Å². The zero-order valence-electron chi connectivity index (χ0n) is 12.5. The van der Waals surface area contributed by atoms with E-state index in [0.29, 0.717) is 5.92 Å². The number of amides is 1. The Balaban J connectivity index is 1.96. The van der Waals surface area contributed by atoms with E-state index in [1.54, 1.807) is 6.07 Å². The summed E-state index contributed by atoms with van der Waals surface area (Å²) in [6, 6.07) is 5.83. The van der Waals surface area contributed by atoms with Gasteiger partial charge in [0, 0.05) is 12.3 Å². The molecule has 0 saturated heterocycles. The molecular formula is C15H19NO5S. The minimum Gasteiger partial charge on any atom is -0.452 e. The van der Waals surface area contributed by atoms with Crippen molar-refractivity contribution < 1.29 is 22.7 Å². The largest absolute Gasteiger partial charge is 0.452 e. The van der Waals surface area contributed by atoms with Crippen molar-refractivity contribution in [2.24, 2.45) is 5.92 Å². The monoisotopic (exact) mass is 325 g/mol. The summed E-state index contributed by atoms with van der Waals surface area (Å²) < 4.78 is 28.2. The molecule has 1 fully saturated rings. The molecule has 6 nitrogen and oxygen atoms in total. The maximum absolute atomic E-state index is 12.0. The molecular weight excluding hydrogens is 306 g/mol. The van der Waals surface area contributed by atoms with Gasteiger partial charge in [-0.25, -0.2) is 13.2 Å². The van der Waals surface area contributed by atoms with Gasteiger partial charge in [-0.3, -0.25) is 4.79 Å². The highest BCUT2D eigenvalue weighted by molar-refractivity contribution is 7.90. The van der Waals surface area contributed by atoms with Gasteiger partial charge < -0.3 is 10.1 Å². The van der Waals surface area contributed by atoms with Gasteiger partial charge in [0.15, 0.2) is 16.4 Å². The summed E-state index contributed by atoms with van der Waals surface area (Å²) in [6.45, 7) is 1.49. The van der Waals surface area contributed by atoms with E-state index in [1.165, 1.54) is 18.2 Å². The van der Waals surface area contributed by atoms with E-state index in [9.17, 15) is 18.0 Å². The lowest BCUT2D eigenvalue weighted by Crippen LogP contribution is -2.37. The summed E-state index contributed by atoms with van der Waals surface area (Å²) in [5.41, 5.74) is -0.0620. The van der Waals surface area contributed by atoms with Crippen LogP contribution in [0.25, 0.3) is 0 Å². The summed E-state index contributed by atoms with van der Waals surface area (Å²) in [7, 11) is -3.54. The van der Waals surface area contributed by atoms with Crippen molar-refractivity contribution in [2.45, 2.75) is 30.7 Å². The summed E-state index contributed by atoms with van der Waals surface area (Å²) in [4.78, 5) is 23.6. The van der Waals surface area contributed by atoms with Crippen molar-refractivity contribution in [2.75, 3.05) is 12.9 Å². The summed E-state index contributed by atoms with van der Waals surface area (Å²) in [6.07, 6.45) is 3.22. The maximum atomic E-state index is 12.0. The van der Waals surface area contributed by atoms with E-state index in [1.807, 2.05) is 6.92 Å². The Morgan fingerprint density at radius 2 is 1.95 bits per heavy atom. The smallest absolute Gasteiger partial charge is 0.339 e. The Kier molecular flexibility index (Phi) is 4.85. The zero-order valence-corrected chi connectivity index (χ0v) is 13.4. The number of hydrogen-bond donors (Lipinski definition) is 1. The summed E-state index contributed by atoms with van der Waals surface area (Å²) in [5.74, 6) is -0.703. The predicted octanol–water partition coefficient (Wildman–Crippen LogP) is 1.16. The number of carbonyl (C=O) groups is 2. The fourth-order valence-corrected chi connectivity index (χ4v) is 3.05. The topological polar surface area (TPSA) is 89.5 Å². The lowest BCUT2D eigenvalue weighted by atomic mass is 10.2. The van der Waals surface area contributed by atoms with E-state index in [-0.39, 0.29) is 22.4 Å². The fraction of sp³-hybridized carbons (Fsp3) is 0.467. The van der Waals surface area contributed by atoms with E-state index < -0.39 is 22.4 Å². The first-order valence-electron chi connectivity index (χ1n) is 7.04. The second-order valence-corrected chi connectivity index (χ2v) is 7.52. The second kappa shape index (κ2) is 6.48. The highest BCUT2D eigenvalue weighted by Crippen LogP contribution is 2.32. The molecule has 0 unspecified atom stereocenters. The average Bonchev–Trinajstić information content (AvgIpc) is 3.28. The highest BCUT2D eigenvalue weighted by Gasteiger charge is 2.29. The normalized spacial score (nSPS) is 15.9. The van der Waals surface area contributed by atoms with Crippen LogP contribution in [-0.2, 0) is 19.4 Å². The standard InChI is InChI=1S/C15H19NO5S/c1-10(11-7-8-11)16-14(17)9-21-15(18)12-5-3-4-6-13(12)22(2,19)20/h3-6,10-11H,7-9H2,1-2H3,(H,16,17)/t10-/m0/s1. The number of sulfone groups is 1. The number of ether oxygens (including phenoxy) is 1. The molecule has 0 heterocycles. The zero-order chi connectivity index (χ0) is 16.3. The van der Waals surface area contributed by atoms with E-state index >= 15 is 0 Å². The van der Waals surface area contributed by atoms with Crippen LogP contribution in [-0.4, -0.2) is 39.2 Å². The number of rotatable bonds is 6. The van der Waals surface area contributed by atoms with Gasteiger partial charge in [0.2, 0.25) is 0 Å². The molecule has 1 aromatic carbocycles. The summed E-state index contributed by atoms with van der Waals surface area (Å²) in [5, 5.41) is 2.76. The molecule has 1 aromatic rings. The Labute approximate surface area is 129 Å². The van der Waals surface area contributed by atoms with Crippen LogP contribution in [0, 0.1) is 5.92 Å². The number of hydrogen-bond acceptors (Lipinski definition) is 5. The van der Waals surface area contributed by atoms with Crippen molar-refractivity contribution in [1.29, 1.82) is 0 Å². The molecule has 1 atom stereocenters. The van der Waals surface area contributed by atoms with E-state index in [0.717, 1.165) is 19.1 Å². The Bertz CT molecular complexity index is 679. The average molecular weight is 325 g/mol. The van der Waals surface area contributed by atoms with Crippen LogP contribution in [0.15, 0.2) is 29.2 Å². The number of esters is 1. The molecule has 120 valence electrons. The van der Waals surface area contributed by atoms with Crippen molar-refractivity contribution in [3.8, 4) is 0 Å². The number of carbonyl (C=O) groups excluding carboxylic acids is 2. The minimum absolute atomic E-state index is 0.0620. The molecule has 1 amide bonds. The number of nitrogens with one attached hydrogen (secondary N) is 1. The third-order valence-corrected chi connectivity index (χ3v) is 4.71. The van der Waals surface area contributed by atoms with Gasteiger partial charge in [0.25, 0.3) is 5.91 Å². The van der Waals surface area contributed by atoms with Crippen molar-refractivity contribution >= 4 is 21.7 Å². The van der Waals surface area contributed by atoms with Crippen LogP contribution in [0.1, 0.15) is 30.1 Å². The first kappa shape index (κ1) is 16.5. The molecule has 0 radical (unpaired) electrons. The van der Waals surface area contributed by atoms with Crippen molar-refractivity contribution in [3.05, 3.63) is 29.8 Å². The molecule has 1 aliphatic rings. The van der Waals surface area contributed by atoms with Crippen LogP contribution in [0.2, 0.25) is 0 Å². The van der Waals surface area contributed by atoms with Gasteiger partial charge in [-0.1, -0.05) is 12.1 Å². The van der Waals surface area contributed by atoms with Gasteiger partial charge in [-0.15, -0.1) is 0 Å². The molecule has 1 aliphatic carbocycles. The predicted molar refractivity (Wildman–Crippen MR) is 80.2 cm³/mol. The fourth-order valence-electron chi connectivity index (χ4n) is 2.18. The van der Waals surface area contributed by atoms with Crippen LogP contribution in [0.4, 0.5) is 0 Å². The quantitative estimate of drug-likeness (QED) is 0.793. The molecule has 0 bridgehead atoms. The van der Waals surface area contributed by atoms with Gasteiger partial charge in [-0.2, -0.15) is 0 Å². The first-order chi connectivity index (χ1) is 10.3. The number of benzene rings is 1. The Hall–Kier alpha value is -1.89. The summed E-state index contributed by atoms with van der Waals surface area (Å²) >= 11 is 0. The van der Waals surface area contributed by atoms with Gasteiger partial charge in [-0.05, 0) is 37.8 Å². The van der Waals surface area contributed by atoms with Crippen LogP contribution in [0.5, 0.6) is 0 Å². The third kappa shape index (κ3) is 4.30. The Morgan fingerprint density at radius 3 is 2.55 bits per heavy atom. The first-order valence-corrected chi connectivity index (χ1v) is 8.93. The molecule has 0 aromatic heterocycles. The SMILES string of the molecule is C[C@H](NC(=O)COC(=O)c1ccccc1S(C)(=O)=O)C1CC1. The van der Waals surface area contributed by atoms with E-state index in [4.69, 9.17) is 4.74 Å². The molecule has 0 aliphatic heterocycles. The van der Waals surface area contributed by atoms with Crippen LogP contribution < -0.4 is 5.32 Å². The molecule has 1 saturated carbocycles. The van der Waals surface area contributed by atoms with Gasteiger partial charge >= 0.3 is 5.97 Å². The highest BCUT2D eigenvalue weighted by atomic mass is 32.2. The second-order valence-electron chi connectivity index (χ2n) is 5.54. The van der Waals surface area contributed by atoms with Gasteiger partial charge in [0.1, 0.15) is 0 Å². The molecule has 7 heteroatoms. The molecule has 22 heavy (non-hydrogen) atoms. The molecule has 1 N–H and O–H groups in total.